The fraction of sp³-hybridized carbons (Fsp3) is 0.447. The molecule has 3 amide bonds. The topological polar surface area (TPSA) is 187 Å². The summed E-state index contributed by atoms with van der Waals surface area (Å²) < 4.78 is 16.7. The van der Waals surface area contributed by atoms with Crippen LogP contribution in [0.15, 0.2) is 82.8 Å². The van der Waals surface area contributed by atoms with Crippen LogP contribution in [-0.4, -0.2) is 92.2 Å². The maximum atomic E-state index is 14.0. The molecule has 0 saturated heterocycles. The molecule has 1 aromatic rings. The third-order valence-electron chi connectivity index (χ3n) is 8.75. The SMILES string of the molecule is CO[C@H]1/C=C\C=C(/C)C(=O)NC2=CC(=O)C(NC(=O)c3ccc(CN(C)C)cc3)=C(C[C@@H](C)C[C@H](OC)[C@H](O)[C@@H](C)/C=C(\C)[C@@H]1OC(N)=O)C2=O. The summed E-state index contributed by atoms with van der Waals surface area (Å²) in [6, 6.07) is 6.92. The number of carbonyl (C=O) groups is 5. The molecule has 3 rings (SSSR count). The minimum atomic E-state index is -1.03. The number of nitrogens with one attached hydrogen (secondary N) is 2. The Bertz CT molecular complexity index is 1640. The van der Waals surface area contributed by atoms with Crippen LogP contribution in [0, 0.1) is 11.8 Å². The zero-order valence-electron chi connectivity index (χ0n) is 30.5. The minimum Gasteiger partial charge on any atom is -0.439 e. The minimum absolute atomic E-state index is 0.0184. The Morgan fingerprint density at radius 3 is 2.31 bits per heavy atom. The van der Waals surface area contributed by atoms with Gasteiger partial charge in [0.2, 0.25) is 11.6 Å². The summed E-state index contributed by atoms with van der Waals surface area (Å²) in [6.07, 6.45) is 3.03. The highest BCUT2D eigenvalue weighted by Gasteiger charge is 2.34. The Balaban J connectivity index is 2.06. The Morgan fingerprint density at radius 2 is 1.73 bits per heavy atom. The molecule has 0 spiro atoms. The van der Waals surface area contributed by atoms with Crippen LogP contribution in [0.2, 0.25) is 0 Å². The van der Waals surface area contributed by atoms with Crippen molar-refractivity contribution in [1.82, 2.24) is 15.5 Å². The molecular weight excluding hydrogens is 656 g/mol. The van der Waals surface area contributed by atoms with Crippen LogP contribution in [0.4, 0.5) is 4.79 Å². The average molecular weight is 707 g/mol. The van der Waals surface area contributed by atoms with E-state index in [1.165, 1.54) is 33.3 Å². The zero-order valence-corrected chi connectivity index (χ0v) is 30.5. The van der Waals surface area contributed by atoms with E-state index in [1.54, 1.807) is 38.1 Å². The first kappa shape index (κ1) is 40.7. The molecule has 0 radical (unpaired) electrons. The number of fused-ring (bicyclic) bond motifs is 2. The number of ketones is 2. The van der Waals surface area contributed by atoms with Crippen molar-refractivity contribution in [2.45, 2.75) is 71.5 Å². The Hall–Kier alpha value is -4.69. The number of hydrogen-bond donors (Lipinski definition) is 4. The third kappa shape index (κ3) is 11.1. The van der Waals surface area contributed by atoms with Crippen molar-refractivity contribution in [3.05, 3.63) is 93.9 Å². The van der Waals surface area contributed by atoms with Gasteiger partial charge in [-0.05, 0) is 70.0 Å². The molecule has 13 heteroatoms. The van der Waals surface area contributed by atoms with Gasteiger partial charge < -0.3 is 40.6 Å². The van der Waals surface area contributed by atoms with Gasteiger partial charge in [0.05, 0.1) is 23.6 Å². The molecule has 0 aromatic heterocycles. The van der Waals surface area contributed by atoms with E-state index in [9.17, 15) is 29.1 Å². The summed E-state index contributed by atoms with van der Waals surface area (Å²) in [5.74, 6) is -3.34. The number of hydrogen-bond acceptors (Lipinski definition) is 10. The molecule has 2 bridgehead atoms. The summed E-state index contributed by atoms with van der Waals surface area (Å²) in [5, 5.41) is 16.6. The van der Waals surface area contributed by atoms with Crippen molar-refractivity contribution in [1.29, 1.82) is 0 Å². The fourth-order valence-corrected chi connectivity index (χ4v) is 6.03. The van der Waals surface area contributed by atoms with Crippen LogP contribution < -0.4 is 16.4 Å². The van der Waals surface area contributed by atoms with Crippen LogP contribution in [0.25, 0.3) is 0 Å². The second-order valence-electron chi connectivity index (χ2n) is 13.3. The molecule has 51 heavy (non-hydrogen) atoms. The summed E-state index contributed by atoms with van der Waals surface area (Å²) in [6.45, 7) is 7.52. The lowest BCUT2D eigenvalue weighted by atomic mass is 9.85. The number of primary amides is 1. The van der Waals surface area contributed by atoms with E-state index in [-0.39, 0.29) is 41.3 Å². The molecule has 6 atom stereocenters. The number of ether oxygens (including phenoxy) is 3. The van der Waals surface area contributed by atoms with Gasteiger partial charge in [0.15, 0.2) is 6.10 Å². The lowest BCUT2D eigenvalue weighted by Crippen LogP contribution is -2.38. The first-order valence-electron chi connectivity index (χ1n) is 16.7. The van der Waals surface area contributed by atoms with Crippen LogP contribution in [-0.2, 0) is 35.1 Å². The average Bonchev–Trinajstić information content (AvgIpc) is 3.07. The third-order valence-corrected chi connectivity index (χ3v) is 8.75. The van der Waals surface area contributed by atoms with E-state index in [4.69, 9.17) is 19.9 Å². The monoisotopic (exact) mass is 706 g/mol. The quantitative estimate of drug-likeness (QED) is 0.242. The maximum absolute atomic E-state index is 14.0. The highest BCUT2D eigenvalue weighted by Crippen LogP contribution is 2.29. The number of benzene rings is 1. The second kappa shape index (κ2) is 18.5. The van der Waals surface area contributed by atoms with E-state index in [0.29, 0.717) is 17.7 Å². The summed E-state index contributed by atoms with van der Waals surface area (Å²) in [5.41, 5.74) is 7.00. The second-order valence-corrected chi connectivity index (χ2v) is 13.3. The predicted octanol–water partition coefficient (Wildman–Crippen LogP) is 3.25. The molecule has 1 aliphatic heterocycles. The van der Waals surface area contributed by atoms with Gasteiger partial charge in [-0.3, -0.25) is 19.2 Å². The Labute approximate surface area is 299 Å². The molecule has 1 heterocycles. The first-order valence-corrected chi connectivity index (χ1v) is 16.7. The highest BCUT2D eigenvalue weighted by atomic mass is 16.6. The number of nitrogens with zero attached hydrogens (tertiary/aromatic N) is 1. The van der Waals surface area contributed by atoms with Crippen LogP contribution in [0.3, 0.4) is 0 Å². The van der Waals surface area contributed by atoms with Crippen molar-refractivity contribution >= 4 is 29.5 Å². The predicted molar refractivity (Wildman–Crippen MR) is 191 cm³/mol. The fourth-order valence-electron chi connectivity index (χ4n) is 6.03. The van der Waals surface area contributed by atoms with E-state index in [0.717, 1.165) is 11.6 Å². The van der Waals surface area contributed by atoms with E-state index >= 15 is 0 Å². The highest BCUT2D eigenvalue weighted by molar-refractivity contribution is 6.24. The molecule has 0 saturated carbocycles. The van der Waals surface area contributed by atoms with E-state index < -0.39 is 59.8 Å². The molecule has 0 fully saturated rings. The summed E-state index contributed by atoms with van der Waals surface area (Å²) in [7, 11) is 6.74. The van der Waals surface area contributed by atoms with Crippen molar-refractivity contribution in [3.63, 3.8) is 0 Å². The zero-order chi connectivity index (χ0) is 38.0. The van der Waals surface area contributed by atoms with Gasteiger partial charge in [-0.2, -0.15) is 0 Å². The van der Waals surface area contributed by atoms with Gasteiger partial charge in [0, 0.05) is 49.5 Å². The number of aliphatic hydroxyl groups excluding tert-OH is 1. The number of carbonyl (C=O) groups excluding carboxylic acids is 5. The van der Waals surface area contributed by atoms with Gasteiger partial charge >= 0.3 is 6.09 Å². The number of rotatable bonds is 7. The molecule has 13 nitrogen and oxygen atoms in total. The molecular formula is C38H50N4O9. The number of aliphatic hydroxyl groups is 1. The van der Waals surface area contributed by atoms with Crippen molar-refractivity contribution in [2.24, 2.45) is 17.6 Å². The van der Waals surface area contributed by atoms with Gasteiger partial charge in [0.1, 0.15) is 6.10 Å². The van der Waals surface area contributed by atoms with Crippen LogP contribution in [0.1, 0.15) is 56.5 Å². The Morgan fingerprint density at radius 1 is 1.06 bits per heavy atom. The number of allylic oxidation sites excluding steroid dienone is 4. The molecule has 1 aromatic carbocycles. The van der Waals surface area contributed by atoms with Gasteiger partial charge in [-0.15, -0.1) is 0 Å². The molecule has 0 unspecified atom stereocenters. The van der Waals surface area contributed by atoms with Gasteiger partial charge in [0.25, 0.3) is 11.8 Å². The lowest BCUT2D eigenvalue weighted by molar-refractivity contribution is -0.120. The van der Waals surface area contributed by atoms with Crippen molar-refractivity contribution < 1.29 is 43.3 Å². The standard InChI is InChI=1S/C38H50N4O9/c1-21-16-27-32(41-37(47)26-14-12-25(13-15-26)20-42(5)6)29(43)19-28(34(27)45)40-36(46)22(2)10-9-11-30(49-7)35(51-38(39)48)24(4)18-23(3)33(44)31(17-21)50-8/h9-15,18-19,21,23,30-31,33,35,44H,16-17,20H2,1-8H3,(H2,39,48)(H,40,46)(H,41,47)/b11-9-,22-10+,24-18+/t21-,23+,30+,31+,33-,35+/m1/s1. The Kier molecular flexibility index (Phi) is 14.8. The molecule has 276 valence electrons. The van der Waals surface area contributed by atoms with E-state index in [1.807, 2.05) is 38.1 Å². The number of Topliss-reactive ketones (excluding diaryl/α,β-unsaturated/α-hetero) is 1. The van der Waals surface area contributed by atoms with Crippen molar-refractivity contribution in [2.75, 3.05) is 28.3 Å². The number of amides is 3. The summed E-state index contributed by atoms with van der Waals surface area (Å²) >= 11 is 0. The van der Waals surface area contributed by atoms with Gasteiger partial charge in [-0.1, -0.05) is 50.3 Å². The molecule has 1 aliphatic carbocycles. The van der Waals surface area contributed by atoms with Crippen LogP contribution >= 0.6 is 0 Å². The largest absolute Gasteiger partial charge is 0.439 e. The first-order chi connectivity index (χ1) is 24.1. The summed E-state index contributed by atoms with van der Waals surface area (Å²) in [4.78, 5) is 67.9. The lowest BCUT2D eigenvalue weighted by Gasteiger charge is -2.30. The molecule has 2 aliphatic rings. The number of nitrogens with two attached hydrogens (primary N) is 1. The smallest absolute Gasteiger partial charge is 0.405 e. The van der Waals surface area contributed by atoms with E-state index in [2.05, 4.69) is 10.6 Å². The maximum Gasteiger partial charge on any atom is 0.405 e. The molecule has 5 N–H and O–H groups in total. The van der Waals surface area contributed by atoms with Crippen molar-refractivity contribution in [3.8, 4) is 0 Å². The normalized spacial score (nSPS) is 28.2. The number of methoxy groups -OCH3 is 2. The van der Waals surface area contributed by atoms with Gasteiger partial charge in [-0.25, -0.2) is 4.79 Å². The van der Waals surface area contributed by atoms with Crippen LogP contribution in [0.5, 0.6) is 0 Å².